The van der Waals surface area contributed by atoms with Crippen LogP contribution < -0.4 is 11.1 Å². The zero-order valence-electron chi connectivity index (χ0n) is 11.7. The number of amidine groups is 1. The molecule has 0 unspecified atom stereocenters. The van der Waals surface area contributed by atoms with Gasteiger partial charge in [-0.25, -0.2) is 0 Å². The number of hydrogen-bond acceptors (Lipinski definition) is 5. The topological polar surface area (TPSA) is 100 Å². The van der Waals surface area contributed by atoms with Gasteiger partial charge < -0.3 is 25.9 Å². The molecule has 0 aliphatic heterocycles. The average Bonchev–Trinajstić information content (AvgIpc) is 2.34. The SMILES string of the molecule is COCCN(C)CCNC(=O)C1(C(N)=NO)CCC1. The van der Waals surface area contributed by atoms with Gasteiger partial charge in [0, 0.05) is 26.7 Å². The Balaban J connectivity index is 2.34. The van der Waals surface area contributed by atoms with E-state index in [1.165, 1.54) is 0 Å². The van der Waals surface area contributed by atoms with Gasteiger partial charge in [-0.2, -0.15) is 0 Å². The number of ether oxygens (including phenoxy) is 1. The van der Waals surface area contributed by atoms with E-state index in [4.69, 9.17) is 15.7 Å². The Hall–Kier alpha value is -1.34. The first kappa shape index (κ1) is 15.7. The van der Waals surface area contributed by atoms with Gasteiger partial charge in [-0.15, -0.1) is 0 Å². The predicted octanol–water partition coefficient (Wildman–Crippen LogP) is -0.402. The quantitative estimate of drug-likeness (QED) is 0.241. The van der Waals surface area contributed by atoms with Gasteiger partial charge in [0.25, 0.3) is 0 Å². The molecule has 1 aliphatic rings. The van der Waals surface area contributed by atoms with Crippen LogP contribution in [0.4, 0.5) is 0 Å². The summed E-state index contributed by atoms with van der Waals surface area (Å²) in [6.45, 7) is 2.76. The maximum Gasteiger partial charge on any atom is 0.233 e. The highest BCUT2D eigenvalue weighted by atomic mass is 16.5. The van der Waals surface area contributed by atoms with Crippen LogP contribution in [-0.2, 0) is 9.53 Å². The van der Waals surface area contributed by atoms with Crippen LogP contribution in [0.5, 0.6) is 0 Å². The Bertz CT molecular complexity index is 329. The van der Waals surface area contributed by atoms with Gasteiger partial charge in [-0.05, 0) is 19.9 Å². The molecular formula is C12H24N4O3. The van der Waals surface area contributed by atoms with Crippen LogP contribution in [0.2, 0.25) is 0 Å². The van der Waals surface area contributed by atoms with Crippen molar-refractivity contribution in [3.63, 3.8) is 0 Å². The molecule has 4 N–H and O–H groups in total. The minimum Gasteiger partial charge on any atom is -0.409 e. The highest BCUT2D eigenvalue weighted by Crippen LogP contribution is 2.41. The highest BCUT2D eigenvalue weighted by molar-refractivity contribution is 6.07. The first-order chi connectivity index (χ1) is 9.06. The van der Waals surface area contributed by atoms with Crippen molar-refractivity contribution in [2.24, 2.45) is 16.3 Å². The first-order valence-electron chi connectivity index (χ1n) is 6.50. The van der Waals surface area contributed by atoms with Crippen molar-refractivity contribution in [1.29, 1.82) is 0 Å². The lowest BCUT2D eigenvalue weighted by Gasteiger charge is -2.38. The molecular weight excluding hydrogens is 248 g/mol. The average molecular weight is 272 g/mol. The van der Waals surface area contributed by atoms with E-state index in [1.807, 2.05) is 7.05 Å². The van der Waals surface area contributed by atoms with Crippen LogP contribution in [0, 0.1) is 5.41 Å². The van der Waals surface area contributed by atoms with E-state index in [0.29, 0.717) is 26.0 Å². The molecule has 0 spiro atoms. The Labute approximate surface area is 113 Å². The molecule has 7 heteroatoms. The predicted molar refractivity (Wildman–Crippen MR) is 72.1 cm³/mol. The summed E-state index contributed by atoms with van der Waals surface area (Å²) in [5.74, 6) is -0.127. The van der Waals surface area contributed by atoms with Crippen LogP contribution >= 0.6 is 0 Å². The number of hydrogen-bond donors (Lipinski definition) is 3. The Kier molecular flexibility index (Phi) is 6.04. The molecule has 0 aromatic carbocycles. The van der Waals surface area contributed by atoms with Gasteiger partial charge in [0.05, 0.1) is 6.61 Å². The summed E-state index contributed by atoms with van der Waals surface area (Å²) < 4.78 is 4.98. The second kappa shape index (κ2) is 7.30. The second-order valence-electron chi connectivity index (χ2n) is 4.97. The number of likely N-dealkylation sites (N-methyl/N-ethyl adjacent to an activating group) is 1. The van der Waals surface area contributed by atoms with E-state index in [-0.39, 0.29) is 11.7 Å². The van der Waals surface area contributed by atoms with Crippen molar-refractivity contribution in [3.8, 4) is 0 Å². The molecule has 1 rings (SSSR count). The van der Waals surface area contributed by atoms with Crippen LogP contribution in [0.25, 0.3) is 0 Å². The summed E-state index contributed by atoms with van der Waals surface area (Å²) in [5.41, 5.74) is 4.83. The van der Waals surface area contributed by atoms with Crippen molar-refractivity contribution >= 4 is 11.7 Å². The third kappa shape index (κ3) is 3.81. The van der Waals surface area contributed by atoms with Gasteiger partial charge in [0.2, 0.25) is 5.91 Å². The van der Waals surface area contributed by atoms with Crippen molar-refractivity contribution in [2.45, 2.75) is 19.3 Å². The van der Waals surface area contributed by atoms with Crippen LogP contribution in [0.1, 0.15) is 19.3 Å². The molecule has 1 fully saturated rings. The molecule has 1 saturated carbocycles. The number of oxime groups is 1. The van der Waals surface area contributed by atoms with Gasteiger partial charge in [0.1, 0.15) is 5.41 Å². The van der Waals surface area contributed by atoms with Gasteiger partial charge in [-0.3, -0.25) is 4.79 Å². The zero-order chi connectivity index (χ0) is 14.3. The standard InChI is InChI=1S/C12H24N4O3/c1-16(8-9-19-2)7-6-14-11(17)12(4-3-5-12)10(13)15-18/h18H,3-9H2,1-2H3,(H2,13,15)(H,14,17). The smallest absolute Gasteiger partial charge is 0.233 e. The van der Waals surface area contributed by atoms with Gasteiger partial charge in [-0.1, -0.05) is 11.6 Å². The van der Waals surface area contributed by atoms with Gasteiger partial charge >= 0.3 is 0 Å². The number of nitrogens with two attached hydrogens (primary N) is 1. The number of amides is 1. The van der Waals surface area contributed by atoms with Crippen LogP contribution in [-0.4, -0.2) is 62.2 Å². The van der Waals surface area contributed by atoms with Crippen LogP contribution in [0.15, 0.2) is 5.16 Å². The Morgan fingerprint density at radius 1 is 1.53 bits per heavy atom. The second-order valence-corrected chi connectivity index (χ2v) is 4.97. The van der Waals surface area contributed by atoms with Crippen molar-refractivity contribution in [2.75, 3.05) is 40.4 Å². The minimum atomic E-state index is -0.792. The third-order valence-electron chi connectivity index (χ3n) is 3.70. The molecule has 0 atom stereocenters. The Morgan fingerprint density at radius 2 is 2.21 bits per heavy atom. The molecule has 0 aromatic rings. The molecule has 1 amide bonds. The van der Waals surface area contributed by atoms with E-state index in [9.17, 15) is 4.79 Å². The fourth-order valence-corrected chi connectivity index (χ4v) is 2.11. The summed E-state index contributed by atoms with van der Waals surface area (Å²) in [6, 6.07) is 0. The number of carbonyl (C=O) groups is 1. The summed E-state index contributed by atoms with van der Waals surface area (Å²) in [7, 11) is 3.63. The van der Waals surface area contributed by atoms with E-state index < -0.39 is 5.41 Å². The van der Waals surface area contributed by atoms with E-state index in [2.05, 4.69) is 15.4 Å². The fraction of sp³-hybridized carbons (Fsp3) is 0.833. The maximum atomic E-state index is 12.1. The molecule has 0 bridgehead atoms. The lowest BCUT2D eigenvalue weighted by atomic mass is 9.67. The van der Waals surface area contributed by atoms with Crippen molar-refractivity contribution in [1.82, 2.24) is 10.2 Å². The van der Waals surface area contributed by atoms with Crippen LogP contribution in [0.3, 0.4) is 0 Å². The lowest BCUT2D eigenvalue weighted by Crippen LogP contribution is -2.54. The summed E-state index contributed by atoms with van der Waals surface area (Å²) in [5, 5.41) is 14.6. The number of nitrogens with zero attached hydrogens (tertiary/aromatic N) is 2. The fourth-order valence-electron chi connectivity index (χ4n) is 2.11. The molecule has 0 radical (unpaired) electrons. The van der Waals surface area contributed by atoms with Crippen molar-refractivity contribution in [3.05, 3.63) is 0 Å². The monoisotopic (exact) mass is 272 g/mol. The summed E-state index contributed by atoms with van der Waals surface area (Å²) >= 11 is 0. The molecule has 0 aromatic heterocycles. The molecule has 7 nitrogen and oxygen atoms in total. The van der Waals surface area contributed by atoms with E-state index in [0.717, 1.165) is 19.5 Å². The Morgan fingerprint density at radius 3 is 2.68 bits per heavy atom. The molecule has 1 aliphatic carbocycles. The highest BCUT2D eigenvalue weighted by Gasteiger charge is 2.48. The lowest BCUT2D eigenvalue weighted by molar-refractivity contribution is -0.131. The summed E-state index contributed by atoms with van der Waals surface area (Å²) in [4.78, 5) is 14.2. The maximum absolute atomic E-state index is 12.1. The molecule has 0 saturated heterocycles. The first-order valence-corrected chi connectivity index (χ1v) is 6.50. The van der Waals surface area contributed by atoms with E-state index >= 15 is 0 Å². The number of methoxy groups -OCH3 is 1. The molecule has 0 heterocycles. The number of nitrogens with one attached hydrogen (secondary N) is 1. The molecule has 19 heavy (non-hydrogen) atoms. The number of rotatable bonds is 8. The normalized spacial score (nSPS) is 18.2. The minimum absolute atomic E-state index is 0.0176. The summed E-state index contributed by atoms with van der Waals surface area (Å²) in [6.07, 6.45) is 2.22. The van der Waals surface area contributed by atoms with Crippen molar-refractivity contribution < 1.29 is 14.7 Å². The van der Waals surface area contributed by atoms with E-state index in [1.54, 1.807) is 7.11 Å². The zero-order valence-corrected chi connectivity index (χ0v) is 11.7. The third-order valence-corrected chi connectivity index (χ3v) is 3.70. The largest absolute Gasteiger partial charge is 0.409 e. The molecule has 110 valence electrons. The van der Waals surface area contributed by atoms with Gasteiger partial charge in [0.15, 0.2) is 5.84 Å². The number of carbonyl (C=O) groups excluding carboxylic acids is 1.